The molecule has 2 aliphatic rings. The molecule has 0 unspecified atom stereocenters. The Labute approximate surface area is 188 Å². The number of phenolic OH excluding ortho intramolecular Hbond substituents is 1. The Balaban J connectivity index is 1.38. The Kier molecular flexibility index (Phi) is 5.32. The summed E-state index contributed by atoms with van der Waals surface area (Å²) >= 11 is 0. The van der Waals surface area contributed by atoms with E-state index >= 15 is 0 Å². The number of carbonyl (C=O) groups excluding carboxylic acids is 2. The van der Waals surface area contributed by atoms with Gasteiger partial charge in [0, 0.05) is 43.9 Å². The minimum atomic E-state index is -0.973. The molecular formula is C24H23FN4O4. The molecule has 1 aromatic heterocycles. The molecule has 9 heteroatoms. The predicted octanol–water partition coefficient (Wildman–Crippen LogP) is 2.05. The van der Waals surface area contributed by atoms with Gasteiger partial charge in [-0.05, 0) is 36.6 Å². The molecule has 8 nitrogen and oxygen atoms in total. The number of H-pyrrole nitrogens is 1. The molecule has 1 saturated carbocycles. The quantitative estimate of drug-likeness (QED) is 0.633. The zero-order valence-electron chi connectivity index (χ0n) is 17.9. The zero-order chi connectivity index (χ0) is 23.1. The number of rotatable bonds is 4. The lowest BCUT2D eigenvalue weighted by molar-refractivity contribution is -0.134. The van der Waals surface area contributed by atoms with E-state index in [2.05, 4.69) is 10.2 Å². The highest BCUT2D eigenvalue weighted by Crippen LogP contribution is 2.31. The van der Waals surface area contributed by atoms with Gasteiger partial charge in [0.25, 0.3) is 11.5 Å². The lowest BCUT2D eigenvalue weighted by Crippen LogP contribution is -2.51. The van der Waals surface area contributed by atoms with Gasteiger partial charge < -0.3 is 14.9 Å². The Morgan fingerprint density at radius 1 is 1.06 bits per heavy atom. The number of fused-ring (bicyclic) bond motifs is 1. The molecular weight excluding hydrogens is 427 g/mol. The average Bonchev–Trinajstić information content (AvgIpc) is 3.68. The van der Waals surface area contributed by atoms with Crippen LogP contribution >= 0.6 is 0 Å². The van der Waals surface area contributed by atoms with Gasteiger partial charge in [0.15, 0.2) is 11.6 Å². The normalized spacial score (nSPS) is 16.3. The summed E-state index contributed by atoms with van der Waals surface area (Å²) in [6, 6.07) is 9.67. The smallest absolute Gasteiger partial charge is 0.272 e. The van der Waals surface area contributed by atoms with E-state index in [9.17, 15) is 23.9 Å². The van der Waals surface area contributed by atoms with Crippen molar-refractivity contribution in [3.05, 3.63) is 69.4 Å². The second-order valence-electron chi connectivity index (χ2n) is 8.59. The summed E-state index contributed by atoms with van der Waals surface area (Å²) in [6.07, 6.45) is 2.04. The fourth-order valence-electron chi connectivity index (χ4n) is 4.31. The number of piperazine rings is 1. The standard InChI is InChI=1S/C24H23FN4O4/c25-21-18(24(33)29-9-7-28(8-10-29)23(32)15-5-6-15)11-14(13-20(21)30)12-19-16-3-1-2-4-17(16)22(31)27-26-19/h1-4,11,13,15,30H,5-10,12H2,(H,27,31). The van der Waals surface area contributed by atoms with Crippen LogP contribution < -0.4 is 5.56 Å². The number of amides is 2. The highest BCUT2D eigenvalue weighted by atomic mass is 19.1. The molecule has 1 aliphatic carbocycles. The Bertz CT molecular complexity index is 1310. The van der Waals surface area contributed by atoms with E-state index in [0.717, 1.165) is 12.8 Å². The molecule has 2 N–H and O–H groups in total. The summed E-state index contributed by atoms with van der Waals surface area (Å²) in [4.78, 5) is 40.6. The number of phenols is 1. The summed E-state index contributed by atoms with van der Waals surface area (Å²) < 4.78 is 14.7. The third-order valence-corrected chi connectivity index (χ3v) is 6.30. The van der Waals surface area contributed by atoms with Gasteiger partial charge in [-0.3, -0.25) is 14.4 Å². The van der Waals surface area contributed by atoms with E-state index in [1.807, 2.05) is 0 Å². The summed E-state index contributed by atoms with van der Waals surface area (Å²) in [5.41, 5.74) is 0.499. The number of aromatic nitrogens is 2. The fourth-order valence-corrected chi connectivity index (χ4v) is 4.31. The molecule has 2 fully saturated rings. The van der Waals surface area contributed by atoms with Crippen molar-refractivity contribution in [3.8, 4) is 5.75 Å². The maximum Gasteiger partial charge on any atom is 0.272 e. The number of carbonyl (C=O) groups is 2. The number of aromatic amines is 1. The van der Waals surface area contributed by atoms with Crippen LogP contribution in [0, 0.1) is 11.7 Å². The summed E-state index contributed by atoms with van der Waals surface area (Å²) in [5, 5.41) is 17.9. The molecule has 0 atom stereocenters. The molecule has 5 rings (SSSR count). The van der Waals surface area contributed by atoms with E-state index in [1.54, 1.807) is 29.2 Å². The molecule has 170 valence electrons. The van der Waals surface area contributed by atoms with Crippen molar-refractivity contribution >= 4 is 22.6 Å². The summed E-state index contributed by atoms with van der Waals surface area (Å²) in [6.45, 7) is 1.46. The first-order valence-electron chi connectivity index (χ1n) is 11.0. The molecule has 1 aliphatic heterocycles. The third-order valence-electron chi connectivity index (χ3n) is 6.30. The average molecular weight is 450 g/mol. The van der Waals surface area contributed by atoms with Crippen LogP contribution in [0.5, 0.6) is 5.75 Å². The Morgan fingerprint density at radius 2 is 1.73 bits per heavy atom. The van der Waals surface area contributed by atoms with Gasteiger partial charge in [-0.1, -0.05) is 18.2 Å². The molecule has 1 saturated heterocycles. The molecule has 0 bridgehead atoms. The summed E-state index contributed by atoms with van der Waals surface area (Å²) in [5.74, 6) is -1.86. The number of hydrogen-bond acceptors (Lipinski definition) is 5. The minimum Gasteiger partial charge on any atom is -0.505 e. The van der Waals surface area contributed by atoms with Crippen molar-refractivity contribution in [1.29, 1.82) is 0 Å². The van der Waals surface area contributed by atoms with Crippen LogP contribution in [0.4, 0.5) is 4.39 Å². The molecule has 33 heavy (non-hydrogen) atoms. The number of halogens is 1. The third kappa shape index (κ3) is 4.06. The first kappa shape index (κ1) is 21.1. The zero-order valence-corrected chi connectivity index (χ0v) is 17.9. The first-order valence-corrected chi connectivity index (χ1v) is 11.0. The van der Waals surface area contributed by atoms with E-state index in [1.165, 1.54) is 17.0 Å². The van der Waals surface area contributed by atoms with E-state index in [-0.39, 0.29) is 29.4 Å². The van der Waals surface area contributed by atoms with Crippen LogP contribution in [0.25, 0.3) is 10.8 Å². The van der Waals surface area contributed by atoms with Gasteiger partial charge in [-0.15, -0.1) is 0 Å². The van der Waals surface area contributed by atoms with Crippen LogP contribution in [0.1, 0.15) is 34.5 Å². The van der Waals surface area contributed by atoms with Crippen molar-refractivity contribution in [3.63, 3.8) is 0 Å². The van der Waals surface area contributed by atoms with Crippen molar-refractivity contribution in [2.24, 2.45) is 5.92 Å². The fraction of sp³-hybridized carbons (Fsp3) is 0.333. The number of aromatic hydroxyl groups is 1. The Morgan fingerprint density at radius 3 is 2.42 bits per heavy atom. The number of hydrogen-bond donors (Lipinski definition) is 2. The van der Waals surface area contributed by atoms with Gasteiger partial charge >= 0.3 is 0 Å². The molecule has 3 aromatic rings. The van der Waals surface area contributed by atoms with Gasteiger partial charge in [-0.2, -0.15) is 5.10 Å². The monoisotopic (exact) mass is 450 g/mol. The Hall–Kier alpha value is -3.75. The lowest BCUT2D eigenvalue weighted by atomic mass is 10.0. The number of benzene rings is 2. The molecule has 0 spiro atoms. The second-order valence-corrected chi connectivity index (χ2v) is 8.59. The van der Waals surface area contributed by atoms with E-state index in [0.29, 0.717) is 48.2 Å². The largest absolute Gasteiger partial charge is 0.505 e. The van der Waals surface area contributed by atoms with Crippen LogP contribution in [0.2, 0.25) is 0 Å². The summed E-state index contributed by atoms with van der Waals surface area (Å²) in [7, 11) is 0. The lowest BCUT2D eigenvalue weighted by Gasteiger charge is -2.35. The highest BCUT2D eigenvalue weighted by Gasteiger charge is 2.35. The SMILES string of the molecule is O=C(c1cc(Cc2n[nH]c(=O)c3ccccc23)cc(O)c1F)N1CCN(C(=O)C2CC2)CC1. The van der Waals surface area contributed by atoms with Gasteiger partial charge in [-0.25, -0.2) is 9.49 Å². The maximum atomic E-state index is 14.7. The first-order chi connectivity index (χ1) is 15.9. The molecule has 2 amide bonds. The highest BCUT2D eigenvalue weighted by molar-refractivity contribution is 5.95. The van der Waals surface area contributed by atoms with Crippen molar-refractivity contribution in [2.45, 2.75) is 19.3 Å². The molecule has 2 aromatic carbocycles. The van der Waals surface area contributed by atoms with Crippen molar-refractivity contribution < 1.29 is 19.1 Å². The van der Waals surface area contributed by atoms with E-state index in [4.69, 9.17) is 0 Å². The van der Waals surface area contributed by atoms with Crippen LogP contribution in [0.15, 0.2) is 41.2 Å². The minimum absolute atomic E-state index is 0.121. The van der Waals surface area contributed by atoms with Crippen molar-refractivity contribution in [1.82, 2.24) is 20.0 Å². The number of nitrogens with zero attached hydrogens (tertiary/aromatic N) is 3. The molecule has 2 heterocycles. The van der Waals surface area contributed by atoms with Gasteiger partial charge in [0.2, 0.25) is 5.91 Å². The van der Waals surface area contributed by atoms with Crippen molar-refractivity contribution in [2.75, 3.05) is 26.2 Å². The predicted molar refractivity (Wildman–Crippen MR) is 118 cm³/mol. The van der Waals surface area contributed by atoms with Crippen LogP contribution in [0.3, 0.4) is 0 Å². The van der Waals surface area contributed by atoms with E-state index < -0.39 is 17.5 Å². The van der Waals surface area contributed by atoms with Crippen LogP contribution in [-0.2, 0) is 11.2 Å². The van der Waals surface area contributed by atoms with Crippen LogP contribution in [-0.4, -0.2) is 63.1 Å². The van der Waals surface area contributed by atoms with Gasteiger partial charge in [0.1, 0.15) is 0 Å². The maximum absolute atomic E-state index is 14.7. The van der Waals surface area contributed by atoms with Gasteiger partial charge in [0.05, 0.1) is 16.6 Å². The topological polar surface area (TPSA) is 107 Å². The number of nitrogens with one attached hydrogen (secondary N) is 1. The molecule has 0 radical (unpaired) electrons. The second kappa shape index (κ2) is 8.31.